The molecule has 0 fully saturated rings. The highest BCUT2D eigenvalue weighted by Crippen LogP contribution is 1.92. The highest BCUT2D eigenvalue weighted by Gasteiger charge is 2.08. The van der Waals surface area contributed by atoms with Crippen molar-refractivity contribution in [3.05, 3.63) is 0 Å². The minimum Gasteiger partial charge on any atom is -0.481 e. The van der Waals surface area contributed by atoms with Crippen molar-refractivity contribution in [3.63, 3.8) is 0 Å². The van der Waals surface area contributed by atoms with E-state index in [4.69, 9.17) is 5.11 Å². The fourth-order valence-electron chi connectivity index (χ4n) is 0.526. The third-order valence-electron chi connectivity index (χ3n) is 1.06. The van der Waals surface area contributed by atoms with Crippen molar-refractivity contribution in [2.24, 2.45) is 0 Å². The van der Waals surface area contributed by atoms with Crippen LogP contribution in [0.5, 0.6) is 0 Å². The van der Waals surface area contributed by atoms with Crippen LogP contribution in [0.3, 0.4) is 0 Å². The first-order valence-electron chi connectivity index (χ1n) is 3.00. The Kier molecular flexibility index (Phi) is 4.72. The monoisotopic (exact) mass is 158 g/mol. The van der Waals surface area contributed by atoms with Crippen LogP contribution in [-0.2, 0) is 14.4 Å². The summed E-state index contributed by atoms with van der Waals surface area (Å²) in [5.41, 5.74) is 0. The van der Waals surface area contributed by atoms with Gasteiger partial charge in [-0.15, -0.1) is 0 Å². The topological polar surface area (TPSA) is 83.5 Å². The zero-order chi connectivity index (χ0) is 8.69. The highest BCUT2D eigenvalue weighted by atomic mass is 16.4. The van der Waals surface area contributed by atoms with Gasteiger partial charge >= 0.3 is 5.97 Å². The van der Waals surface area contributed by atoms with Gasteiger partial charge in [0, 0.05) is 6.42 Å². The second-order valence-electron chi connectivity index (χ2n) is 1.89. The van der Waals surface area contributed by atoms with Gasteiger partial charge in [0.15, 0.2) is 0 Å². The summed E-state index contributed by atoms with van der Waals surface area (Å²) in [6, 6.07) is -0.802. The highest BCUT2D eigenvalue weighted by molar-refractivity contribution is 5.69. The zero-order valence-corrected chi connectivity index (χ0v) is 5.74. The van der Waals surface area contributed by atoms with Gasteiger partial charge in [-0.05, 0) is 6.42 Å². The molecule has 2 N–H and O–H groups in total. The number of rotatable bonds is 6. The Balaban J connectivity index is 3.59. The largest absolute Gasteiger partial charge is 0.481 e. The molecule has 0 aliphatic rings. The molecule has 0 unspecified atom stereocenters. The van der Waals surface area contributed by atoms with E-state index in [0.29, 0.717) is 6.41 Å². The SMILES string of the molecule is O=[C][C@@H](CCC(=O)O)NC=O. The molecule has 0 heterocycles. The van der Waals surface area contributed by atoms with Crippen LogP contribution >= 0.6 is 0 Å². The number of hydrogen-bond acceptors (Lipinski definition) is 3. The van der Waals surface area contributed by atoms with Crippen molar-refractivity contribution >= 4 is 18.7 Å². The molecule has 0 saturated carbocycles. The number of hydrogen-bond donors (Lipinski definition) is 2. The number of carbonyl (C=O) groups is 2. The maximum atomic E-state index is 9.98. The minimum atomic E-state index is -1.00. The van der Waals surface area contributed by atoms with Gasteiger partial charge in [-0.2, -0.15) is 0 Å². The summed E-state index contributed by atoms with van der Waals surface area (Å²) in [4.78, 5) is 29.7. The standard InChI is InChI=1S/C6H8NO4/c8-3-5(7-4-9)1-2-6(10)11/h4-5H,1-2H2,(H,7,9)(H,10,11)/t5-/m1/s1. The lowest BCUT2D eigenvalue weighted by atomic mass is 10.2. The lowest BCUT2D eigenvalue weighted by molar-refractivity contribution is -0.137. The summed E-state index contributed by atoms with van der Waals surface area (Å²) in [5.74, 6) is -1.00. The third-order valence-corrected chi connectivity index (χ3v) is 1.06. The number of carboxylic acid groups (broad SMARTS) is 1. The molecule has 0 aliphatic heterocycles. The van der Waals surface area contributed by atoms with E-state index in [0.717, 1.165) is 0 Å². The number of nitrogens with one attached hydrogen (secondary N) is 1. The molecule has 0 spiro atoms. The van der Waals surface area contributed by atoms with Gasteiger partial charge < -0.3 is 10.4 Å². The fraction of sp³-hybridized carbons (Fsp3) is 0.500. The molecule has 61 valence electrons. The molecule has 0 aromatic carbocycles. The van der Waals surface area contributed by atoms with E-state index in [9.17, 15) is 14.4 Å². The van der Waals surface area contributed by atoms with Crippen molar-refractivity contribution in [2.45, 2.75) is 18.9 Å². The molecule has 0 aromatic rings. The maximum absolute atomic E-state index is 9.98. The van der Waals surface area contributed by atoms with Crippen molar-refractivity contribution in [1.29, 1.82) is 0 Å². The van der Waals surface area contributed by atoms with E-state index in [1.165, 1.54) is 6.29 Å². The molecule has 1 radical (unpaired) electrons. The van der Waals surface area contributed by atoms with Crippen molar-refractivity contribution in [2.75, 3.05) is 0 Å². The van der Waals surface area contributed by atoms with E-state index in [2.05, 4.69) is 5.32 Å². The van der Waals surface area contributed by atoms with Gasteiger partial charge in [0.05, 0.1) is 6.04 Å². The molecule has 0 aromatic heterocycles. The summed E-state index contributed by atoms with van der Waals surface area (Å²) in [7, 11) is 0. The predicted octanol–water partition coefficient (Wildman–Crippen LogP) is -0.925. The van der Waals surface area contributed by atoms with Crippen molar-refractivity contribution in [1.82, 2.24) is 5.32 Å². The lowest BCUT2D eigenvalue weighted by Crippen LogP contribution is -2.29. The molecule has 11 heavy (non-hydrogen) atoms. The van der Waals surface area contributed by atoms with Crippen LogP contribution in [0.25, 0.3) is 0 Å². The number of carboxylic acids is 1. The normalized spacial score (nSPS) is 11.6. The fourth-order valence-corrected chi connectivity index (χ4v) is 0.526. The second-order valence-corrected chi connectivity index (χ2v) is 1.89. The van der Waals surface area contributed by atoms with E-state index in [1.807, 2.05) is 0 Å². The summed E-state index contributed by atoms with van der Waals surface area (Å²) < 4.78 is 0. The Morgan fingerprint density at radius 3 is 2.73 bits per heavy atom. The van der Waals surface area contributed by atoms with Crippen molar-refractivity contribution < 1.29 is 19.5 Å². The quantitative estimate of drug-likeness (QED) is 0.489. The third kappa shape index (κ3) is 5.07. The average molecular weight is 158 g/mol. The lowest BCUT2D eigenvalue weighted by Gasteiger charge is -2.03. The Bertz CT molecular complexity index is 157. The van der Waals surface area contributed by atoms with E-state index < -0.39 is 12.0 Å². The van der Waals surface area contributed by atoms with Crippen LogP contribution < -0.4 is 5.32 Å². The van der Waals surface area contributed by atoms with Gasteiger partial charge in [-0.3, -0.25) is 14.4 Å². The van der Waals surface area contributed by atoms with Crippen LogP contribution in [0.1, 0.15) is 12.8 Å². The van der Waals surface area contributed by atoms with Gasteiger partial charge in [0.2, 0.25) is 12.7 Å². The number of aliphatic carboxylic acids is 1. The number of amides is 1. The minimum absolute atomic E-state index is 0.0809. The first-order chi connectivity index (χ1) is 5.20. The molecule has 5 nitrogen and oxygen atoms in total. The molecule has 0 bridgehead atoms. The maximum Gasteiger partial charge on any atom is 0.303 e. The number of carbonyl (C=O) groups excluding carboxylic acids is 2. The van der Waals surface area contributed by atoms with Crippen LogP contribution in [0.4, 0.5) is 0 Å². The van der Waals surface area contributed by atoms with Gasteiger partial charge in [0.25, 0.3) is 0 Å². The summed E-state index contributed by atoms with van der Waals surface area (Å²) in [6.45, 7) is 0. The predicted molar refractivity (Wildman–Crippen MR) is 35.6 cm³/mol. The molecular weight excluding hydrogens is 150 g/mol. The van der Waals surface area contributed by atoms with Gasteiger partial charge in [-0.1, -0.05) is 0 Å². The summed E-state index contributed by atoms with van der Waals surface area (Å²) in [6.07, 6.45) is 1.78. The van der Waals surface area contributed by atoms with Crippen LogP contribution in [0.15, 0.2) is 0 Å². The second kappa shape index (κ2) is 5.40. The molecule has 0 rings (SSSR count). The smallest absolute Gasteiger partial charge is 0.303 e. The Labute approximate surface area is 63.4 Å². The van der Waals surface area contributed by atoms with Gasteiger partial charge in [0.1, 0.15) is 0 Å². The Hall–Kier alpha value is -1.39. The summed E-state index contributed by atoms with van der Waals surface area (Å²) in [5, 5.41) is 10.3. The van der Waals surface area contributed by atoms with Crippen LogP contribution in [-0.4, -0.2) is 29.8 Å². The van der Waals surface area contributed by atoms with E-state index in [-0.39, 0.29) is 12.8 Å². The van der Waals surface area contributed by atoms with E-state index >= 15 is 0 Å². The molecule has 5 heteroatoms. The molecule has 0 saturated heterocycles. The molecule has 0 aliphatic carbocycles. The van der Waals surface area contributed by atoms with Crippen molar-refractivity contribution in [3.8, 4) is 0 Å². The van der Waals surface area contributed by atoms with Crippen LogP contribution in [0.2, 0.25) is 0 Å². The molecule has 1 atom stereocenters. The first-order valence-corrected chi connectivity index (χ1v) is 3.00. The van der Waals surface area contributed by atoms with E-state index in [1.54, 1.807) is 0 Å². The molecule has 1 amide bonds. The Morgan fingerprint density at radius 1 is 1.73 bits per heavy atom. The first kappa shape index (κ1) is 9.61. The summed E-state index contributed by atoms with van der Waals surface area (Å²) >= 11 is 0. The average Bonchev–Trinajstić information content (AvgIpc) is 1.97. The Morgan fingerprint density at radius 2 is 2.36 bits per heavy atom. The van der Waals surface area contributed by atoms with Crippen LogP contribution in [0, 0.1) is 0 Å². The van der Waals surface area contributed by atoms with Gasteiger partial charge in [-0.25, -0.2) is 0 Å². The molecular formula is C6H8NO4. The zero-order valence-electron chi connectivity index (χ0n) is 5.74.